The van der Waals surface area contributed by atoms with Crippen LogP contribution in [0.15, 0.2) is 42.5 Å². The molecule has 1 saturated heterocycles. The predicted molar refractivity (Wildman–Crippen MR) is 127 cm³/mol. The Labute approximate surface area is 201 Å². The van der Waals surface area contributed by atoms with Crippen molar-refractivity contribution in [1.82, 2.24) is 0 Å². The van der Waals surface area contributed by atoms with E-state index >= 15 is 0 Å². The molecule has 0 unspecified atom stereocenters. The Bertz CT molecular complexity index is 1090. The number of hydrogen-bond acceptors (Lipinski definition) is 4. The summed E-state index contributed by atoms with van der Waals surface area (Å²) in [6.07, 6.45) is 1.19. The number of carboxylic acids is 1. The maximum Gasteiger partial charge on any atom is 0.335 e. The standard InChI is InChI=1S/C23H20Br2N2O5/c1-11-2-3-13(23(31)32)8-19(11)26-20(28)12-4-6-14(7-5-12)27-21(29)15-9-17(24)18(25)10-16(15)22(27)30/h2-8,15-18H,9-10H2,1H3,(H,26,28)(H,31,32)/t15-,16-,17+,18+/m1/s1. The topological polar surface area (TPSA) is 104 Å². The van der Waals surface area contributed by atoms with E-state index in [1.165, 1.54) is 17.0 Å². The molecule has 0 spiro atoms. The van der Waals surface area contributed by atoms with Gasteiger partial charge >= 0.3 is 5.97 Å². The third-order valence-corrected chi connectivity index (χ3v) is 8.77. The van der Waals surface area contributed by atoms with E-state index in [9.17, 15) is 19.2 Å². The average molecular weight is 564 g/mol. The fraction of sp³-hybridized carbons (Fsp3) is 0.304. The highest BCUT2D eigenvalue weighted by atomic mass is 79.9. The van der Waals surface area contributed by atoms with Crippen LogP contribution in [0.2, 0.25) is 0 Å². The first-order chi connectivity index (χ1) is 15.2. The van der Waals surface area contributed by atoms with Gasteiger partial charge in [-0.1, -0.05) is 37.9 Å². The maximum absolute atomic E-state index is 12.9. The Kier molecular flexibility index (Phi) is 6.22. The van der Waals surface area contributed by atoms with E-state index in [-0.39, 0.29) is 38.9 Å². The minimum absolute atomic E-state index is 0.0743. The minimum Gasteiger partial charge on any atom is -0.478 e. The van der Waals surface area contributed by atoms with Crippen molar-refractivity contribution in [2.75, 3.05) is 10.2 Å². The van der Waals surface area contributed by atoms with Gasteiger partial charge < -0.3 is 10.4 Å². The molecule has 3 amide bonds. The zero-order valence-corrected chi connectivity index (χ0v) is 20.2. The van der Waals surface area contributed by atoms with Crippen LogP contribution in [0.5, 0.6) is 0 Å². The molecule has 166 valence electrons. The fourth-order valence-electron chi connectivity index (χ4n) is 4.20. The van der Waals surface area contributed by atoms with Crippen LogP contribution in [-0.2, 0) is 9.59 Å². The van der Waals surface area contributed by atoms with Crippen LogP contribution in [0.25, 0.3) is 0 Å². The highest BCUT2D eigenvalue weighted by Gasteiger charge is 2.52. The number of imide groups is 1. The number of carboxylic acid groups (broad SMARTS) is 1. The molecule has 9 heteroatoms. The van der Waals surface area contributed by atoms with Crippen LogP contribution in [-0.4, -0.2) is 38.5 Å². The molecule has 1 saturated carbocycles. The maximum atomic E-state index is 12.9. The van der Waals surface area contributed by atoms with Crippen molar-refractivity contribution in [3.05, 3.63) is 59.2 Å². The van der Waals surface area contributed by atoms with Gasteiger partial charge in [-0.3, -0.25) is 19.3 Å². The molecule has 2 N–H and O–H groups in total. The molecule has 7 nitrogen and oxygen atoms in total. The lowest BCUT2D eigenvalue weighted by Crippen LogP contribution is -2.34. The number of halogens is 2. The lowest BCUT2D eigenvalue weighted by molar-refractivity contribution is -0.122. The molecule has 2 aliphatic rings. The summed E-state index contributed by atoms with van der Waals surface area (Å²) in [6, 6.07) is 10.8. The van der Waals surface area contributed by atoms with Gasteiger partial charge in [0.2, 0.25) is 11.8 Å². The number of benzene rings is 2. The summed E-state index contributed by atoms with van der Waals surface area (Å²) in [7, 11) is 0. The Morgan fingerprint density at radius 1 is 0.938 bits per heavy atom. The number of aryl methyl sites for hydroxylation is 1. The van der Waals surface area contributed by atoms with Crippen LogP contribution >= 0.6 is 31.9 Å². The average Bonchev–Trinajstić information content (AvgIpc) is 2.99. The lowest BCUT2D eigenvalue weighted by Gasteiger charge is -2.29. The third kappa shape index (κ3) is 4.11. The van der Waals surface area contributed by atoms with Gasteiger partial charge in [-0.05, 0) is 61.7 Å². The van der Waals surface area contributed by atoms with Gasteiger partial charge in [0.25, 0.3) is 5.91 Å². The normalized spacial score (nSPS) is 24.9. The molecule has 4 atom stereocenters. The van der Waals surface area contributed by atoms with E-state index in [0.717, 1.165) is 5.56 Å². The molecule has 0 radical (unpaired) electrons. The molecule has 2 fully saturated rings. The quantitative estimate of drug-likeness (QED) is 0.424. The van der Waals surface area contributed by atoms with Crippen LogP contribution in [0.4, 0.5) is 11.4 Å². The number of fused-ring (bicyclic) bond motifs is 1. The van der Waals surface area contributed by atoms with Crippen molar-refractivity contribution in [3.63, 3.8) is 0 Å². The van der Waals surface area contributed by atoms with E-state index in [0.29, 0.717) is 29.8 Å². The smallest absolute Gasteiger partial charge is 0.335 e. The number of rotatable bonds is 4. The molecule has 32 heavy (non-hydrogen) atoms. The summed E-state index contributed by atoms with van der Waals surface area (Å²) < 4.78 is 0. The first-order valence-corrected chi connectivity index (χ1v) is 11.9. The van der Waals surface area contributed by atoms with Gasteiger partial charge in [0.05, 0.1) is 23.1 Å². The second-order valence-corrected chi connectivity index (χ2v) is 10.4. The van der Waals surface area contributed by atoms with Crippen molar-refractivity contribution in [3.8, 4) is 0 Å². The van der Waals surface area contributed by atoms with Crippen molar-refractivity contribution in [2.45, 2.75) is 29.4 Å². The Hall–Kier alpha value is -2.52. The second-order valence-electron chi connectivity index (χ2n) is 8.06. The number of amides is 3. The summed E-state index contributed by atoms with van der Waals surface area (Å²) in [5.41, 5.74) is 1.97. The molecule has 4 rings (SSSR count). The molecule has 1 aliphatic heterocycles. The van der Waals surface area contributed by atoms with Crippen molar-refractivity contribution in [1.29, 1.82) is 0 Å². The number of nitrogens with zero attached hydrogens (tertiary/aromatic N) is 1. The molecular weight excluding hydrogens is 544 g/mol. The second kappa shape index (κ2) is 8.78. The molecular formula is C23H20Br2N2O5. The fourth-order valence-corrected chi connectivity index (χ4v) is 5.43. The van der Waals surface area contributed by atoms with Gasteiger partial charge in [0.15, 0.2) is 0 Å². The van der Waals surface area contributed by atoms with E-state index < -0.39 is 11.9 Å². The number of nitrogens with one attached hydrogen (secondary N) is 1. The summed E-state index contributed by atoms with van der Waals surface area (Å²) >= 11 is 7.16. The molecule has 2 aromatic carbocycles. The van der Waals surface area contributed by atoms with E-state index in [1.807, 2.05) is 0 Å². The van der Waals surface area contributed by atoms with Crippen molar-refractivity contribution in [2.24, 2.45) is 11.8 Å². The van der Waals surface area contributed by atoms with E-state index in [1.54, 1.807) is 37.3 Å². The number of carbonyl (C=O) groups is 4. The van der Waals surface area contributed by atoms with E-state index in [4.69, 9.17) is 5.11 Å². The summed E-state index contributed by atoms with van der Waals surface area (Å²) in [6.45, 7) is 1.77. The van der Waals surface area contributed by atoms with Gasteiger partial charge in [0, 0.05) is 20.9 Å². The first-order valence-electron chi connectivity index (χ1n) is 10.1. The molecule has 0 aromatic heterocycles. The molecule has 2 aromatic rings. The lowest BCUT2D eigenvalue weighted by atomic mass is 9.81. The number of carbonyl (C=O) groups excluding carboxylic acids is 3. The zero-order chi connectivity index (χ0) is 23.2. The summed E-state index contributed by atoms with van der Waals surface area (Å²) in [4.78, 5) is 51.2. The highest BCUT2D eigenvalue weighted by molar-refractivity contribution is 9.12. The highest BCUT2D eigenvalue weighted by Crippen LogP contribution is 2.44. The van der Waals surface area contributed by atoms with Crippen LogP contribution in [0.3, 0.4) is 0 Å². The number of alkyl halides is 2. The summed E-state index contributed by atoms with van der Waals surface area (Å²) in [5, 5.41) is 11.9. The van der Waals surface area contributed by atoms with Gasteiger partial charge in [-0.25, -0.2) is 4.79 Å². The Morgan fingerprint density at radius 2 is 1.47 bits per heavy atom. The first kappa shape index (κ1) is 22.7. The number of anilines is 2. The number of hydrogen-bond donors (Lipinski definition) is 2. The van der Waals surface area contributed by atoms with Crippen molar-refractivity contribution < 1.29 is 24.3 Å². The molecule has 1 aliphatic carbocycles. The van der Waals surface area contributed by atoms with E-state index in [2.05, 4.69) is 37.2 Å². The van der Waals surface area contributed by atoms with Gasteiger partial charge in [-0.2, -0.15) is 0 Å². The van der Waals surface area contributed by atoms with Gasteiger partial charge in [-0.15, -0.1) is 0 Å². The number of aromatic carboxylic acids is 1. The Morgan fingerprint density at radius 3 is 2.00 bits per heavy atom. The SMILES string of the molecule is Cc1ccc(C(=O)O)cc1NC(=O)c1ccc(N2C(=O)[C@@H]3C[C@H](Br)[C@@H](Br)C[C@H]3C2=O)cc1. The zero-order valence-electron chi connectivity index (χ0n) is 17.0. The van der Waals surface area contributed by atoms with Crippen LogP contribution < -0.4 is 10.2 Å². The minimum atomic E-state index is -1.08. The largest absolute Gasteiger partial charge is 0.478 e. The van der Waals surface area contributed by atoms with Gasteiger partial charge in [0.1, 0.15) is 0 Å². The van der Waals surface area contributed by atoms with Crippen molar-refractivity contribution >= 4 is 66.9 Å². The third-order valence-electron chi connectivity index (χ3n) is 6.03. The predicted octanol–water partition coefficient (Wildman–Crippen LogP) is 4.37. The van der Waals surface area contributed by atoms with Crippen LogP contribution in [0.1, 0.15) is 39.1 Å². The van der Waals surface area contributed by atoms with Crippen LogP contribution in [0, 0.1) is 18.8 Å². The monoisotopic (exact) mass is 562 g/mol. The molecule has 0 bridgehead atoms. The Balaban J connectivity index is 1.52. The molecule has 1 heterocycles. The summed E-state index contributed by atoms with van der Waals surface area (Å²) in [5.74, 6) is -2.59.